The Labute approximate surface area is 130 Å². The molecule has 4 N–H and O–H groups in total. The summed E-state index contributed by atoms with van der Waals surface area (Å²) in [5.74, 6) is -1.42. The Morgan fingerprint density at radius 2 is 1.68 bits per heavy atom. The lowest BCUT2D eigenvalue weighted by Crippen LogP contribution is -2.55. The second-order valence-corrected chi connectivity index (χ2v) is 5.58. The summed E-state index contributed by atoms with van der Waals surface area (Å²) in [6, 6.07) is 7.77. The maximum absolute atomic E-state index is 12.3. The van der Waals surface area contributed by atoms with Crippen LogP contribution in [0.2, 0.25) is 0 Å². The molecule has 0 heterocycles. The van der Waals surface area contributed by atoms with E-state index in [0.29, 0.717) is 6.42 Å². The molecule has 0 saturated heterocycles. The Kier molecular flexibility index (Phi) is 6.56. The van der Waals surface area contributed by atoms with Gasteiger partial charge in [0.05, 0.1) is 0 Å². The molecule has 2 atom stereocenters. The number of rotatable bonds is 7. The van der Waals surface area contributed by atoms with Crippen molar-refractivity contribution in [3.8, 4) is 0 Å². The van der Waals surface area contributed by atoms with Gasteiger partial charge in [0.15, 0.2) is 0 Å². The van der Waals surface area contributed by atoms with E-state index in [-0.39, 0.29) is 11.8 Å². The standard InChI is InChI=1S/C16H23N3O3/c1-10(2)14(18-11(3)20)16(22)19-13(15(17)21)9-12-7-5-4-6-8-12/h4-8,10,13-14H,9H2,1-3H3,(H2,17,21)(H,18,20)(H,19,22). The molecule has 0 aliphatic rings. The average Bonchev–Trinajstić information content (AvgIpc) is 2.44. The second-order valence-electron chi connectivity index (χ2n) is 5.58. The first-order valence-electron chi connectivity index (χ1n) is 7.22. The van der Waals surface area contributed by atoms with Crippen molar-refractivity contribution < 1.29 is 14.4 Å². The first kappa shape index (κ1) is 17.7. The van der Waals surface area contributed by atoms with Gasteiger partial charge < -0.3 is 16.4 Å². The average molecular weight is 305 g/mol. The van der Waals surface area contributed by atoms with Gasteiger partial charge in [0.25, 0.3) is 0 Å². The van der Waals surface area contributed by atoms with E-state index in [4.69, 9.17) is 5.73 Å². The maximum Gasteiger partial charge on any atom is 0.243 e. The quantitative estimate of drug-likeness (QED) is 0.678. The molecule has 0 bridgehead atoms. The van der Waals surface area contributed by atoms with Crippen molar-refractivity contribution in [1.82, 2.24) is 10.6 Å². The van der Waals surface area contributed by atoms with Crippen LogP contribution in [0.15, 0.2) is 30.3 Å². The molecule has 22 heavy (non-hydrogen) atoms. The first-order valence-corrected chi connectivity index (χ1v) is 7.22. The van der Waals surface area contributed by atoms with Crippen LogP contribution >= 0.6 is 0 Å². The smallest absolute Gasteiger partial charge is 0.243 e. The number of primary amides is 1. The minimum atomic E-state index is -0.815. The van der Waals surface area contributed by atoms with Gasteiger partial charge in [-0.3, -0.25) is 14.4 Å². The summed E-state index contributed by atoms with van der Waals surface area (Å²) in [6.07, 6.45) is 0.312. The van der Waals surface area contributed by atoms with Crippen molar-refractivity contribution >= 4 is 17.7 Å². The zero-order valence-corrected chi connectivity index (χ0v) is 13.1. The van der Waals surface area contributed by atoms with Crippen LogP contribution in [0.4, 0.5) is 0 Å². The molecule has 0 spiro atoms. The first-order chi connectivity index (χ1) is 10.3. The number of carbonyl (C=O) groups is 3. The van der Waals surface area contributed by atoms with E-state index in [1.165, 1.54) is 6.92 Å². The second kappa shape index (κ2) is 8.17. The molecular formula is C16H23N3O3. The van der Waals surface area contributed by atoms with E-state index in [9.17, 15) is 14.4 Å². The molecule has 0 aromatic heterocycles. The minimum absolute atomic E-state index is 0.103. The van der Waals surface area contributed by atoms with Gasteiger partial charge >= 0.3 is 0 Å². The van der Waals surface area contributed by atoms with Crippen molar-refractivity contribution in [3.05, 3.63) is 35.9 Å². The predicted octanol–water partition coefficient (Wildman–Crippen LogP) is 0.360. The molecule has 0 aliphatic carbocycles. The summed E-state index contributed by atoms with van der Waals surface area (Å²) < 4.78 is 0. The Morgan fingerprint density at radius 3 is 2.14 bits per heavy atom. The number of hydrogen-bond acceptors (Lipinski definition) is 3. The third-order valence-electron chi connectivity index (χ3n) is 3.25. The summed E-state index contributed by atoms with van der Waals surface area (Å²) in [7, 11) is 0. The molecule has 0 saturated carbocycles. The van der Waals surface area contributed by atoms with Gasteiger partial charge in [-0.05, 0) is 11.5 Å². The highest BCUT2D eigenvalue weighted by atomic mass is 16.2. The monoisotopic (exact) mass is 305 g/mol. The molecule has 1 rings (SSSR count). The summed E-state index contributed by atoms with van der Waals surface area (Å²) in [5, 5.41) is 5.21. The van der Waals surface area contributed by atoms with E-state index < -0.39 is 23.9 Å². The largest absolute Gasteiger partial charge is 0.368 e. The van der Waals surface area contributed by atoms with Crippen LogP contribution in [0, 0.1) is 5.92 Å². The number of amides is 3. The molecule has 0 aliphatic heterocycles. The number of nitrogens with two attached hydrogens (primary N) is 1. The van der Waals surface area contributed by atoms with Crippen LogP contribution in [0.25, 0.3) is 0 Å². The molecule has 6 nitrogen and oxygen atoms in total. The number of nitrogens with one attached hydrogen (secondary N) is 2. The predicted molar refractivity (Wildman–Crippen MR) is 83.7 cm³/mol. The topological polar surface area (TPSA) is 101 Å². The lowest BCUT2D eigenvalue weighted by Gasteiger charge is -2.24. The van der Waals surface area contributed by atoms with Gasteiger partial charge in [-0.15, -0.1) is 0 Å². The molecule has 6 heteroatoms. The summed E-state index contributed by atoms with van der Waals surface area (Å²) in [5.41, 5.74) is 6.26. The Hall–Kier alpha value is -2.37. The number of carbonyl (C=O) groups excluding carboxylic acids is 3. The highest BCUT2D eigenvalue weighted by Gasteiger charge is 2.27. The van der Waals surface area contributed by atoms with Crippen molar-refractivity contribution in [2.75, 3.05) is 0 Å². The third kappa shape index (κ3) is 5.55. The molecule has 1 aromatic rings. The zero-order chi connectivity index (χ0) is 16.7. The van der Waals surface area contributed by atoms with Crippen molar-refractivity contribution in [3.63, 3.8) is 0 Å². The molecule has 0 fully saturated rings. The van der Waals surface area contributed by atoms with Crippen molar-refractivity contribution in [2.24, 2.45) is 11.7 Å². The lowest BCUT2D eigenvalue weighted by molar-refractivity contribution is -0.131. The molecule has 120 valence electrons. The fraction of sp³-hybridized carbons (Fsp3) is 0.438. The molecule has 1 aromatic carbocycles. The summed E-state index contributed by atoms with van der Waals surface area (Å²) in [4.78, 5) is 35.1. The Morgan fingerprint density at radius 1 is 1.09 bits per heavy atom. The van der Waals surface area contributed by atoms with Crippen molar-refractivity contribution in [2.45, 2.75) is 39.3 Å². The van der Waals surface area contributed by atoms with Crippen LogP contribution in [-0.2, 0) is 20.8 Å². The van der Waals surface area contributed by atoms with E-state index in [1.807, 2.05) is 44.2 Å². The van der Waals surface area contributed by atoms with E-state index in [1.54, 1.807) is 0 Å². The van der Waals surface area contributed by atoms with Gasteiger partial charge in [-0.25, -0.2) is 0 Å². The Balaban J connectivity index is 2.78. The number of benzene rings is 1. The minimum Gasteiger partial charge on any atom is -0.368 e. The zero-order valence-electron chi connectivity index (χ0n) is 13.1. The third-order valence-corrected chi connectivity index (χ3v) is 3.25. The van der Waals surface area contributed by atoms with Gasteiger partial charge in [0.2, 0.25) is 17.7 Å². The van der Waals surface area contributed by atoms with Crippen LogP contribution in [-0.4, -0.2) is 29.8 Å². The van der Waals surface area contributed by atoms with Gasteiger partial charge in [0.1, 0.15) is 12.1 Å². The highest BCUT2D eigenvalue weighted by Crippen LogP contribution is 2.06. The van der Waals surface area contributed by atoms with Crippen LogP contribution in [0.1, 0.15) is 26.3 Å². The van der Waals surface area contributed by atoms with Gasteiger partial charge in [-0.2, -0.15) is 0 Å². The molecule has 0 radical (unpaired) electrons. The van der Waals surface area contributed by atoms with Gasteiger partial charge in [0, 0.05) is 13.3 Å². The highest BCUT2D eigenvalue weighted by molar-refractivity contribution is 5.91. The summed E-state index contributed by atoms with van der Waals surface area (Å²) >= 11 is 0. The maximum atomic E-state index is 12.3. The Bertz CT molecular complexity index is 529. The fourth-order valence-corrected chi connectivity index (χ4v) is 2.09. The van der Waals surface area contributed by atoms with Crippen LogP contribution in [0.5, 0.6) is 0 Å². The van der Waals surface area contributed by atoms with E-state index in [0.717, 1.165) is 5.56 Å². The van der Waals surface area contributed by atoms with Crippen LogP contribution in [0.3, 0.4) is 0 Å². The van der Waals surface area contributed by atoms with Crippen LogP contribution < -0.4 is 16.4 Å². The van der Waals surface area contributed by atoms with Crippen molar-refractivity contribution in [1.29, 1.82) is 0 Å². The summed E-state index contributed by atoms with van der Waals surface area (Å²) in [6.45, 7) is 4.98. The fourth-order valence-electron chi connectivity index (χ4n) is 2.09. The van der Waals surface area contributed by atoms with E-state index in [2.05, 4.69) is 10.6 Å². The molecule has 3 amide bonds. The lowest BCUT2D eigenvalue weighted by atomic mass is 10.0. The van der Waals surface area contributed by atoms with Gasteiger partial charge in [-0.1, -0.05) is 44.2 Å². The molecular weight excluding hydrogens is 282 g/mol. The normalized spacial score (nSPS) is 13.3. The SMILES string of the molecule is CC(=O)NC(C(=O)NC(Cc1ccccc1)C(N)=O)C(C)C. The number of hydrogen-bond donors (Lipinski definition) is 3. The molecule has 2 unspecified atom stereocenters. The van der Waals surface area contributed by atoms with E-state index >= 15 is 0 Å².